The lowest BCUT2D eigenvalue weighted by molar-refractivity contribution is -0.126. The molecule has 0 aromatic rings. The summed E-state index contributed by atoms with van der Waals surface area (Å²) in [7, 11) is 1.56. The minimum absolute atomic E-state index is 0.0961. The number of amides is 1. The van der Waals surface area contributed by atoms with E-state index in [1.165, 1.54) is 0 Å². The molecular formula is C10H21N3O3. The summed E-state index contributed by atoms with van der Waals surface area (Å²) in [5.74, 6) is -0.0242. The molecule has 0 aromatic heterocycles. The Bertz CT molecular complexity index is 264. The summed E-state index contributed by atoms with van der Waals surface area (Å²) in [6, 6.07) is -0.170. The molecule has 0 aliphatic heterocycles. The maximum Gasteiger partial charge on any atom is 0.223 e. The number of hydrogen-bond donors (Lipinski definition) is 3. The number of carbonyl (C=O) groups excluding carboxylic acids is 1. The number of rotatable bonds is 6. The van der Waals surface area contributed by atoms with E-state index >= 15 is 0 Å². The third-order valence-electron chi connectivity index (χ3n) is 2.19. The Balaban J connectivity index is 4.06. The molecule has 1 amide bonds. The molecule has 1 atom stereocenters. The average Bonchev–Trinajstić information content (AvgIpc) is 2.16. The monoisotopic (exact) mass is 231 g/mol. The molecule has 16 heavy (non-hydrogen) atoms. The fourth-order valence-electron chi connectivity index (χ4n) is 1.19. The van der Waals surface area contributed by atoms with Crippen molar-refractivity contribution in [2.75, 3.05) is 7.11 Å². The molecule has 0 aliphatic carbocycles. The van der Waals surface area contributed by atoms with Crippen LogP contribution in [0.1, 0.15) is 33.6 Å². The van der Waals surface area contributed by atoms with Gasteiger partial charge in [0.25, 0.3) is 0 Å². The van der Waals surface area contributed by atoms with Crippen molar-refractivity contribution in [1.82, 2.24) is 5.32 Å². The van der Waals surface area contributed by atoms with Crippen LogP contribution in [0.3, 0.4) is 0 Å². The first-order valence-electron chi connectivity index (χ1n) is 5.11. The number of oxime groups is 1. The number of nitrogens with one attached hydrogen (secondary N) is 1. The topological polar surface area (TPSA) is 96.9 Å². The summed E-state index contributed by atoms with van der Waals surface area (Å²) < 4.78 is 5.14. The van der Waals surface area contributed by atoms with Gasteiger partial charge in [-0.15, -0.1) is 0 Å². The Morgan fingerprint density at radius 2 is 2.19 bits per heavy atom. The third kappa shape index (κ3) is 6.23. The lowest BCUT2D eigenvalue weighted by Crippen LogP contribution is -2.39. The molecular weight excluding hydrogens is 210 g/mol. The summed E-state index contributed by atoms with van der Waals surface area (Å²) in [5.41, 5.74) is 4.84. The van der Waals surface area contributed by atoms with Crippen molar-refractivity contribution in [2.24, 2.45) is 10.9 Å². The summed E-state index contributed by atoms with van der Waals surface area (Å²) in [5, 5.41) is 14.0. The van der Waals surface area contributed by atoms with Gasteiger partial charge in [-0.05, 0) is 20.8 Å². The maximum absolute atomic E-state index is 11.6. The minimum atomic E-state index is -0.486. The van der Waals surface area contributed by atoms with Crippen LogP contribution >= 0.6 is 0 Å². The number of methoxy groups -OCH3 is 1. The van der Waals surface area contributed by atoms with Crippen LogP contribution < -0.4 is 11.1 Å². The molecule has 0 saturated carbocycles. The fourth-order valence-corrected chi connectivity index (χ4v) is 1.19. The van der Waals surface area contributed by atoms with Gasteiger partial charge in [0.1, 0.15) is 5.84 Å². The second-order valence-electron chi connectivity index (χ2n) is 4.40. The highest BCUT2D eigenvalue weighted by Gasteiger charge is 2.21. The second-order valence-corrected chi connectivity index (χ2v) is 4.40. The third-order valence-corrected chi connectivity index (χ3v) is 2.19. The highest BCUT2D eigenvalue weighted by molar-refractivity contribution is 5.82. The molecule has 0 aliphatic rings. The van der Waals surface area contributed by atoms with Crippen molar-refractivity contribution in [1.29, 1.82) is 0 Å². The second kappa shape index (κ2) is 6.32. The normalized spacial score (nSPS) is 14.6. The van der Waals surface area contributed by atoms with E-state index in [1.54, 1.807) is 14.0 Å². The van der Waals surface area contributed by atoms with Crippen LogP contribution in [0.25, 0.3) is 0 Å². The van der Waals surface area contributed by atoms with Gasteiger partial charge in [-0.1, -0.05) is 5.16 Å². The summed E-state index contributed by atoms with van der Waals surface area (Å²) >= 11 is 0. The van der Waals surface area contributed by atoms with E-state index < -0.39 is 5.60 Å². The predicted octanol–water partition coefficient (Wildman–Crippen LogP) is 0.443. The van der Waals surface area contributed by atoms with E-state index in [1.807, 2.05) is 13.8 Å². The first kappa shape index (κ1) is 14.7. The van der Waals surface area contributed by atoms with E-state index in [9.17, 15) is 4.79 Å². The highest BCUT2D eigenvalue weighted by atomic mass is 16.5. The van der Waals surface area contributed by atoms with E-state index in [-0.39, 0.29) is 24.2 Å². The zero-order valence-electron chi connectivity index (χ0n) is 10.3. The average molecular weight is 231 g/mol. The van der Waals surface area contributed by atoms with Gasteiger partial charge in [0.05, 0.1) is 12.0 Å². The van der Waals surface area contributed by atoms with Crippen LogP contribution in [-0.2, 0) is 9.53 Å². The lowest BCUT2D eigenvalue weighted by atomic mass is 10.0. The van der Waals surface area contributed by atoms with E-state index in [0.717, 1.165) is 0 Å². The molecule has 0 bridgehead atoms. The van der Waals surface area contributed by atoms with Crippen LogP contribution in [-0.4, -0.2) is 35.7 Å². The van der Waals surface area contributed by atoms with Gasteiger partial charge < -0.3 is 21.0 Å². The first-order chi connectivity index (χ1) is 7.30. The van der Waals surface area contributed by atoms with Crippen LogP contribution in [0.4, 0.5) is 0 Å². The molecule has 94 valence electrons. The molecule has 0 spiro atoms. The molecule has 6 nitrogen and oxygen atoms in total. The Morgan fingerprint density at radius 1 is 1.62 bits per heavy atom. The van der Waals surface area contributed by atoms with Crippen LogP contribution in [0.15, 0.2) is 5.16 Å². The standard InChI is InChI=1S/C10H21N3O3/c1-7(5-8(11)13-15)12-9(14)6-10(2,3)16-4/h7,15H,5-6H2,1-4H3,(H2,11,13)(H,12,14). The van der Waals surface area contributed by atoms with Gasteiger partial charge in [0, 0.05) is 19.6 Å². The van der Waals surface area contributed by atoms with Gasteiger partial charge in [0.2, 0.25) is 5.91 Å². The Morgan fingerprint density at radius 3 is 2.62 bits per heavy atom. The SMILES string of the molecule is COC(C)(C)CC(=O)NC(C)CC(N)=NO. The van der Waals surface area contributed by atoms with Crippen molar-refractivity contribution < 1.29 is 14.7 Å². The first-order valence-corrected chi connectivity index (χ1v) is 5.11. The molecule has 0 radical (unpaired) electrons. The lowest BCUT2D eigenvalue weighted by Gasteiger charge is -2.23. The predicted molar refractivity (Wildman–Crippen MR) is 61.3 cm³/mol. The molecule has 0 fully saturated rings. The Kier molecular flexibility index (Phi) is 5.81. The van der Waals surface area contributed by atoms with E-state index in [0.29, 0.717) is 6.42 Å². The van der Waals surface area contributed by atoms with Gasteiger partial charge in [-0.2, -0.15) is 0 Å². The number of nitrogens with zero attached hydrogens (tertiary/aromatic N) is 1. The van der Waals surface area contributed by atoms with E-state index in [4.69, 9.17) is 15.7 Å². The summed E-state index contributed by atoms with van der Waals surface area (Å²) in [4.78, 5) is 11.6. The van der Waals surface area contributed by atoms with Crippen molar-refractivity contribution in [3.8, 4) is 0 Å². The van der Waals surface area contributed by atoms with Crippen molar-refractivity contribution >= 4 is 11.7 Å². The van der Waals surface area contributed by atoms with Gasteiger partial charge in [-0.3, -0.25) is 4.79 Å². The zero-order chi connectivity index (χ0) is 12.8. The van der Waals surface area contributed by atoms with E-state index in [2.05, 4.69) is 10.5 Å². The van der Waals surface area contributed by atoms with Crippen molar-refractivity contribution in [3.05, 3.63) is 0 Å². The molecule has 0 aromatic carbocycles. The highest BCUT2D eigenvalue weighted by Crippen LogP contribution is 2.12. The Labute approximate surface area is 95.8 Å². The van der Waals surface area contributed by atoms with Crippen molar-refractivity contribution in [2.45, 2.75) is 45.3 Å². The smallest absolute Gasteiger partial charge is 0.223 e. The molecule has 0 heterocycles. The molecule has 1 unspecified atom stereocenters. The molecule has 6 heteroatoms. The molecule has 0 rings (SSSR count). The molecule has 4 N–H and O–H groups in total. The maximum atomic E-state index is 11.6. The number of hydrogen-bond acceptors (Lipinski definition) is 4. The number of carbonyl (C=O) groups is 1. The zero-order valence-corrected chi connectivity index (χ0v) is 10.3. The van der Waals surface area contributed by atoms with Gasteiger partial charge in [-0.25, -0.2) is 0 Å². The minimum Gasteiger partial charge on any atom is -0.409 e. The van der Waals surface area contributed by atoms with Crippen molar-refractivity contribution in [3.63, 3.8) is 0 Å². The quantitative estimate of drug-likeness (QED) is 0.267. The van der Waals surface area contributed by atoms with Gasteiger partial charge in [0.15, 0.2) is 0 Å². The summed E-state index contributed by atoms with van der Waals surface area (Å²) in [6.45, 7) is 5.46. The number of nitrogens with two attached hydrogens (primary N) is 1. The fraction of sp³-hybridized carbons (Fsp3) is 0.800. The van der Waals surface area contributed by atoms with Crippen LogP contribution in [0.2, 0.25) is 0 Å². The number of amidine groups is 1. The Hall–Kier alpha value is -1.30. The van der Waals surface area contributed by atoms with Gasteiger partial charge >= 0.3 is 0 Å². The number of ether oxygens (including phenoxy) is 1. The largest absolute Gasteiger partial charge is 0.409 e. The van der Waals surface area contributed by atoms with Crippen LogP contribution in [0, 0.1) is 0 Å². The summed E-state index contributed by atoms with van der Waals surface area (Å²) in [6.07, 6.45) is 0.583. The van der Waals surface area contributed by atoms with Crippen LogP contribution in [0.5, 0.6) is 0 Å². The molecule has 0 saturated heterocycles.